The molecule has 10 heteroatoms. The molecular formula is C11H5Cl2F7O. The number of rotatable bonds is 4. The highest BCUT2D eigenvalue weighted by atomic mass is 35.5. The van der Waals surface area contributed by atoms with Crippen LogP contribution in [0.3, 0.4) is 0 Å². The van der Waals surface area contributed by atoms with Crippen LogP contribution in [0.1, 0.15) is 5.56 Å². The zero-order valence-corrected chi connectivity index (χ0v) is 11.2. The van der Waals surface area contributed by atoms with Crippen molar-refractivity contribution in [1.82, 2.24) is 0 Å². The van der Waals surface area contributed by atoms with Crippen LogP contribution in [0.4, 0.5) is 30.7 Å². The topological polar surface area (TPSA) is 20.2 Å². The third kappa shape index (κ3) is 2.84. The van der Waals surface area contributed by atoms with Gasteiger partial charge >= 0.3 is 17.9 Å². The van der Waals surface area contributed by atoms with Crippen molar-refractivity contribution in [3.05, 3.63) is 46.8 Å². The lowest BCUT2D eigenvalue weighted by Crippen LogP contribution is -2.54. The fourth-order valence-electron chi connectivity index (χ4n) is 1.36. The highest BCUT2D eigenvalue weighted by Crippen LogP contribution is 2.54. The number of alkyl halides is 5. The van der Waals surface area contributed by atoms with E-state index in [0.717, 1.165) is 12.1 Å². The van der Waals surface area contributed by atoms with E-state index in [2.05, 4.69) is 0 Å². The number of hydrogen-bond acceptors (Lipinski definition) is 1. The van der Waals surface area contributed by atoms with Crippen molar-refractivity contribution in [2.75, 3.05) is 0 Å². The second-order valence-corrected chi connectivity index (χ2v) is 4.78. The molecular weight excluding hydrogens is 352 g/mol. The maximum atomic E-state index is 13.7. The molecule has 0 aliphatic rings. The molecule has 0 aliphatic heterocycles. The van der Waals surface area contributed by atoms with Crippen LogP contribution in [0, 0.1) is 0 Å². The van der Waals surface area contributed by atoms with E-state index < -0.39 is 39.4 Å². The molecule has 1 nitrogen and oxygen atoms in total. The predicted molar refractivity (Wildman–Crippen MR) is 61.4 cm³/mol. The Morgan fingerprint density at radius 1 is 1.00 bits per heavy atom. The highest BCUT2D eigenvalue weighted by molar-refractivity contribution is 6.33. The minimum absolute atomic E-state index is 0.643. The maximum absolute atomic E-state index is 13.7. The summed E-state index contributed by atoms with van der Waals surface area (Å²) in [4.78, 5) is 0. The van der Waals surface area contributed by atoms with Crippen LogP contribution in [-0.2, 0) is 5.06 Å². The first-order valence-electron chi connectivity index (χ1n) is 5.00. The van der Waals surface area contributed by atoms with E-state index >= 15 is 0 Å². The zero-order chi connectivity index (χ0) is 16.6. The van der Waals surface area contributed by atoms with Gasteiger partial charge < -0.3 is 5.11 Å². The van der Waals surface area contributed by atoms with Gasteiger partial charge in [0.05, 0.1) is 0 Å². The summed E-state index contributed by atoms with van der Waals surface area (Å²) in [5.41, 5.74) is -1.09. The average Bonchev–Trinajstić information content (AvgIpc) is 2.37. The second kappa shape index (κ2) is 5.66. The molecule has 1 aromatic carbocycles. The minimum atomic E-state index is -6.05. The van der Waals surface area contributed by atoms with Crippen molar-refractivity contribution in [1.29, 1.82) is 0 Å². The van der Waals surface area contributed by atoms with Crippen molar-refractivity contribution >= 4 is 23.2 Å². The van der Waals surface area contributed by atoms with Gasteiger partial charge in [-0.05, 0) is 6.07 Å². The monoisotopic (exact) mass is 356 g/mol. The standard InChI is InChI=1S/C11H5Cl2F7O/c12-6-4-2-1-3-5(6)9(13,21)11(19,20)10(17,18)7(14)8(15)16/h1-4,21H. The molecule has 0 bridgehead atoms. The van der Waals surface area contributed by atoms with Crippen molar-refractivity contribution in [2.24, 2.45) is 0 Å². The molecule has 0 aliphatic carbocycles. The van der Waals surface area contributed by atoms with E-state index in [0.29, 0.717) is 6.07 Å². The van der Waals surface area contributed by atoms with Crippen LogP contribution in [-0.4, -0.2) is 17.0 Å². The summed E-state index contributed by atoms with van der Waals surface area (Å²) in [6, 6.07) is 3.81. The van der Waals surface area contributed by atoms with E-state index in [1.165, 1.54) is 6.07 Å². The molecule has 0 fully saturated rings. The molecule has 1 N–H and O–H groups in total. The van der Waals surface area contributed by atoms with Crippen LogP contribution in [0.25, 0.3) is 0 Å². The summed E-state index contributed by atoms with van der Waals surface area (Å²) in [5, 5.41) is 4.61. The van der Waals surface area contributed by atoms with Crippen LogP contribution < -0.4 is 0 Å². The first-order chi connectivity index (χ1) is 9.37. The zero-order valence-electron chi connectivity index (χ0n) is 9.66. The summed E-state index contributed by atoms with van der Waals surface area (Å²) < 4.78 is 90.1. The van der Waals surface area contributed by atoms with E-state index in [1.807, 2.05) is 0 Å². The molecule has 1 unspecified atom stereocenters. The summed E-state index contributed by atoms with van der Waals surface area (Å²) in [6.45, 7) is 0. The minimum Gasteiger partial charge on any atom is -0.366 e. The van der Waals surface area contributed by atoms with E-state index in [-0.39, 0.29) is 0 Å². The molecule has 118 valence electrons. The lowest BCUT2D eigenvalue weighted by atomic mass is 9.97. The van der Waals surface area contributed by atoms with Crippen LogP contribution in [0.2, 0.25) is 5.02 Å². The predicted octanol–water partition coefficient (Wildman–Crippen LogP) is 5.07. The van der Waals surface area contributed by atoms with Gasteiger partial charge in [0.25, 0.3) is 0 Å². The van der Waals surface area contributed by atoms with Gasteiger partial charge in [-0.3, -0.25) is 0 Å². The number of hydrogen-bond donors (Lipinski definition) is 1. The second-order valence-electron chi connectivity index (χ2n) is 3.83. The van der Waals surface area contributed by atoms with E-state index in [1.54, 1.807) is 0 Å². The Hall–Kier alpha value is -0.990. The van der Waals surface area contributed by atoms with Gasteiger partial charge in [-0.1, -0.05) is 41.4 Å². The lowest BCUT2D eigenvalue weighted by Gasteiger charge is -2.35. The third-order valence-corrected chi connectivity index (χ3v) is 3.25. The molecule has 1 atom stereocenters. The molecule has 0 spiro atoms. The molecule has 1 rings (SSSR count). The van der Waals surface area contributed by atoms with Gasteiger partial charge in [0.2, 0.25) is 10.9 Å². The van der Waals surface area contributed by atoms with Crippen LogP contribution in [0.5, 0.6) is 0 Å². The fourth-order valence-corrected chi connectivity index (χ4v) is 1.97. The van der Waals surface area contributed by atoms with Gasteiger partial charge in [0.1, 0.15) is 0 Å². The Balaban J connectivity index is 3.48. The van der Waals surface area contributed by atoms with Crippen molar-refractivity contribution < 1.29 is 35.8 Å². The smallest absolute Gasteiger partial charge is 0.366 e. The van der Waals surface area contributed by atoms with Crippen LogP contribution in [0.15, 0.2) is 36.2 Å². The fraction of sp³-hybridized carbons (Fsp3) is 0.273. The normalized spacial score (nSPS) is 15.5. The molecule has 0 radical (unpaired) electrons. The molecule has 1 aromatic rings. The van der Waals surface area contributed by atoms with Crippen LogP contribution >= 0.6 is 23.2 Å². The van der Waals surface area contributed by atoms with Gasteiger partial charge in [0.15, 0.2) is 0 Å². The van der Waals surface area contributed by atoms with Gasteiger partial charge in [-0.2, -0.15) is 30.7 Å². The van der Waals surface area contributed by atoms with Gasteiger partial charge in [-0.25, -0.2) is 0 Å². The summed E-state index contributed by atoms with van der Waals surface area (Å²) >= 11 is 10.4. The number of aliphatic hydroxyl groups is 1. The Bertz CT molecular complexity index is 567. The van der Waals surface area contributed by atoms with Gasteiger partial charge in [0, 0.05) is 10.6 Å². The highest BCUT2D eigenvalue weighted by Gasteiger charge is 2.72. The maximum Gasteiger partial charge on any atom is 0.370 e. The molecule has 0 saturated heterocycles. The lowest BCUT2D eigenvalue weighted by molar-refractivity contribution is -0.261. The summed E-state index contributed by atoms with van der Waals surface area (Å²) in [7, 11) is 0. The van der Waals surface area contributed by atoms with Crippen molar-refractivity contribution in [2.45, 2.75) is 16.9 Å². The SMILES string of the molecule is OC(Cl)(c1ccccc1Cl)C(F)(F)C(F)(F)C(F)=C(F)F. The Morgan fingerprint density at radius 2 is 1.48 bits per heavy atom. The summed E-state index contributed by atoms with van der Waals surface area (Å²) in [5.74, 6) is -15.6. The summed E-state index contributed by atoms with van der Waals surface area (Å²) in [6.07, 6.45) is -3.66. The van der Waals surface area contributed by atoms with Gasteiger partial charge in [-0.15, -0.1) is 0 Å². The molecule has 0 saturated carbocycles. The molecule has 0 amide bonds. The number of benzene rings is 1. The van der Waals surface area contributed by atoms with Crippen molar-refractivity contribution in [3.63, 3.8) is 0 Å². The number of halogens is 9. The Kier molecular flexibility index (Phi) is 4.87. The first kappa shape index (κ1) is 18.1. The van der Waals surface area contributed by atoms with E-state index in [9.17, 15) is 35.8 Å². The number of allylic oxidation sites excluding steroid dienone is 1. The molecule has 0 heterocycles. The Morgan fingerprint density at radius 3 is 1.90 bits per heavy atom. The quantitative estimate of drug-likeness (QED) is 0.589. The first-order valence-corrected chi connectivity index (χ1v) is 5.76. The largest absolute Gasteiger partial charge is 0.370 e. The third-order valence-electron chi connectivity index (χ3n) is 2.48. The molecule has 0 aromatic heterocycles. The Labute approximate surface area is 123 Å². The van der Waals surface area contributed by atoms with E-state index in [4.69, 9.17) is 23.2 Å². The average molecular weight is 357 g/mol. The molecule has 21 heavy (non-hydrogen) atoms. The van der Waals surface area contributed by atoms with Crippen molar-refractivity contribution in [3.8, 4) is 0 Å².